The van der Waals surface area contributed by atoms with Crippen molar-refractivity contribution in [1.82, 2.24) is 24.7 Å². The number of amides is 1. The molecule has 7 rings (SSSR count). The maximum atomic E-state index is 16.0. The van der Waals surface area contributed by atoms with E-state index in [1.165, 1.54) is 6.42 Å². The minimum atomic E-state index is -1.12. The lowest BCUT2D eigenvalue weighted by Gasteiger charge is -2.59. The first kappa shape index (κ1) is 28.0. The van der Waals surface area contributed by atoms with Crippen LogP contribution in [0.5, 0.6) is 0 Å². The molecule has 5 aliphatic rings. The molecule has 224 valence electrons. The first-order chi connectivity index (χ1) is 20.6. The molecule has 2 saturated carbocycles. The minimum Gasteiger partial charge on any atom is -0.368 e. The summed E-state index contributed by atoms with van der Waals surface area (Å²) in [5.41, 5.74) is 1.43. The zero-order chi connectivity index (χ0) is 28.6. The number of carbonyl (C=O) groups is 2. The number of thioether (sulfide) groups is 1. The van der Waals surface area contributed by atoms with Crippen molar-refractivity contribution in [3.63, 3.8) is 0 Å². The number of hydrogen-bond donors (Lipinski definition) is 1. The van der Waals surface area contributed by atoms with Gasteiger partial charge in [0.1, 0.15) is 6.17 Å². The number of nitrogens with zero attached hydrogens (tertiary/aromatic N) is 5. The number of para-hydroxylation sites is 1. The highest BCUT2D eigenvalue weighted by Crippen LogP contribution is 2.51. The van der Waals surface area contributed by atoms with Crippen LogP contribution >= 0.6 is 11.8 Å². The summed E-state index contributed by atoms with van der Waals surface area (Å²) in [7, 11) is 0. The summed E-state index contributed by atoms with van der Waals surface area (Å²) in [5, 5.41) is 3.95. The Morgan fingerprint density at radius 3 is 2.69 bits per heavy atom. The van der Waals surface area contributed by atoms with E-state index in [9.17, 15) is 9.59 Å². The van der Waals surface area contributed by atoms with Crippen molar-refractivity contribution in [1.29, 1.82) is 0 Å². The first-order valence-electron chi connectivity index (χ1n) is 15.7. The average Bonchev–Trinajstić information content (AvgIpc) is 3.55. The number of Topliss-reactive ketones (excluding diaryl/α,β-unsaturated/α-hetero) is 1. The van der Waals surface area contributed by atoms with Gasteiger partial charge < -0.3 is 24.6 Å². The molecule has 0 radical (unpaired) electrons. The molecule has 1 N–H and O–H groups in total. The molecule has 4 heterocycles. The number of piperazine rings is 1. The molecular weight excluding hydrogens is 551 g/mol. The van der Waals surface area contributed by atoms with Crippen LogP contribution in [0, 0.1) is 5.92 Å². The second-order valence-electron chi connectivity index (χ2n) is 12.4. The van der Waals surface area contributed by atoms with E-state index in [1.807, 2.05) is 58.2 Å². The van der Waals surface area contributed by atoms with Gasteiger partial charge >= 0.3 is 0 Å². The van der Waals surface area contributed by atoms with Crippen molar-refractivity contribution >= 4 is 29.1 Å². The van der Waals surface area contributed by atoms with E-state index in [0.717, 1.165) is 51.0 Å². The van der Waals surface area contributed by atoms with Gasteiger partial charge in [0.2, 0.25) is 0 Å². The van der Waals surface area contributed by atoms with Gasteiger partial charge in [-0.25, -0.2) is 9.37 Å². The van der Waals surface area contributed by atoms with Gasteiger partial charge in [0, 0.05) is 79.5 Å². The van der Waals surface area contributed by atoms with Crippen molar-refractivity contribution < 1.29 is 14.0 Å². The molecule has 4 fully saturated rings. The molecule has 1 aromatic carbocycles. The lowest BCUT2D eigenvalue weighted by atomic mass is 9.72. The van der Waals surface area contributed by atoms with Crippen molar-refractivity contribution in [3.8, 4) is 0 Å². The molecule has 1 aromatic heterocycles. The summed E-state index contributed by atoms with van der Waals surface area (Å²) in [6.45, 7) is 4.17. The molecule has 10 heteroatoms. The third-order valence-electron chi connectivity index (χ3n) is 10.0. The summed E-state index contributed by atoms with van der Waals surface area (Å²) < 4.78 is 18.1. The van der Waals surface area contributed by atoms with Gasteiger partial charge in [-0.15, -0.1) is 11.8 Å². The van der Waals surface area contributed by atoms with Gasteiger partial charge in [0.25, 0.3) is 5.91 Å². The van der Waals surface area contributed by atoms with Crippen molar-refractivity contribution in [2.75, 3.05) is 37.6 Å². The van der Waals surface area contributed by atoms with Crippen LogP contribution in [0.2, 0.25) is 0 Å². The average molecular weight is 593 g/mol. The molecule has 3 aliphatic heterocycles. The van der Waals surface area contributed by atoms with Gasteiger partial charge in [0.05, 0.1) is 24.0 Å². The van der Waals surface area contributed by atoms with Gasteiger partial charge in [-0.3, -0.25) is 9.59 Å². The number of aromatic nitrogens is 2. The number of carbonyl (C=O) groups excluding carboxylic acids is 2. The highest BCUT2D eigenvalue weighted by molar-refractivity contribution is 8.00. The molecule has 2 aliphatic carbocycles. The van der Waals surface area contributed by atoms with Crippen LogP contribution in [0.4, 0.5) is 10.1 Å². The smallest absolute Gasteiger partial charge is 0.259 e. The maximum absolute atomic E-state index is 16.0. The van der Waals surface area contributed by atoms with E-state index in [4.69, 9.17) is 0 Å². The van der Waals surface area contributed by atoms with E-state index in [-0.39, 0.29) is 41.0 Å². The van der Waals surface area contributed by atoms with E-state index in [2.05, 4.69) is 32.2 Å². The number of alkyl halides is 1. The molecule has 42 heavy (non-hydrogen) atoms. The van der Waals surface area contributed by atoms with E-state index >= 15 is 4.39 Å². The monoisotopic (exact) mass is 592 g/mol. The summed E-state index contributed by atoms with van der Waals surface area (Å²) in [4.78, 5) is 38.5. The normalized spacial score (nSPS) is 32.7. The van der Waals surface area contributed by atoms with Crippen molar-refractivity contribution in [2.45, 2.75) is 79.9 Å². The predicted molar refractivity (Wildman–Crippen MR) is 163 cm³/mol. The van der Waals surface area contributed by atoms with E-state index in [1.54, 1.807) is 6.20 Å². The third-order valence-corrected chi connectivity index (χ3v) is 11.8. The summed E-state index contributed by atoms with van der Waals surface area (Å²) in [5.74, 6) is -0.796. The van der Waals surface area contributed by atoms with Gasteiger partial charge in [-0.2, -0.15) is 0 Å². The number of aryl methyl sites for hydroxylation is 1. The van der Waals surface area contributed by atoms with Gasteiger partial charge in [0.15, 0.2) is 5.78 Å². The van der Waals surface area contributed by atoms with Crippen LogP contribution in [0.3, 0.4) is 0 Å². The molecule has 7 atom stereocenters. The zero-order valence-electron chi connectivity index (χ0n) is 24.1. The Morgan fingerprint density at radius 2 is 1.90 bits per heavy atom. The molecule has 0 spiro atoms. The second kappa shape index (κ2) is 12.0. The van der Waals surface area contributed by atoms with E-state index in [0.29, 0.717) is 30.9 Å². The number of anilines is 1. The molecule has 8 nitrogen and oxygen atoms in total. The third kappa shape index (κ3) is 5.25. The van der Waals surface area contributed by atoms with Gasteiger partial charge in [-0.05, 0) is 44.4 Å². The Labute approximate surface area is 251 Å². The Kier molecular flexibility index (Phi) is 8.01. The lowest BCUT2D eigenvalue weighted by Crippen LogP contribution is -2.70. The number of imidazole rings is 1. The highest BCUT2D eigenvalue weighted by Gasteiger charge is 2.58. The standard InChI is InChI=1S/C32H41FN6O2S/c33-25-19-23-29-31(28(25)35-11-6-13-36-14-12-34-21-36)42-27-10-5-4-9-26(27)39(29)20-24(30(23)40)32(41)38-17-15-37(16-18-38)22-7-2-1-3-8-22/h1-3,7-8,12,14,20-21,23,25-29,31,35H,4-6,9-11,13,15-19H2. The number of benzene rings is 1. The number of nitrogens with one attached hydrogen (secondary N) is 1. The summed E-state index contributed by atoms with van der Waals surface area (Å²) in [6.07, 6.45) is 11.9. The molecule has 2 aromatic rings. The molecule has 7 unspecified atom stereocenters. The highest BCUT2D eigenvalue weighted by atomic mass is 32.2. The largest absolute Gasteiger partial charge is 0.368 e. The Hall–Kier alpha value is -2.85. The fourth-order valence-corrected chi connectivity index (χ4v) is 10.00. The topological polar surface area (TPSA) is 73.7 Å². The number of rotatable bonds is 7. The maximum Gasteiger partial charge on any atom is 0.259 e. The van der Waals surface area contributed by atoms with Crippen LogP contribution in [0.15, 0.2) is 60.8 Å². The predicted octanol–water partition coefficient (Wildman–Crippen LogP) is 3.50. The fraction of sp³-hybridized carbons (Fsp3) is 0.594. The number of fused-ring (bicyclic) bond motifs is 2. The first-order valence-corrected chi connectivity index (χ1v) is 16.6. The molecule has 2 saturated heterocycles. The molecule has 1 amide bonds. The molecular formula is C32H41FN6O2S. The van der Waals surface area contributed by atoms with E-state index < -0.39 is 12.1 Å². The SMILES string of the molecule is O=C1C(C(=O)N2CCN(c3ccccc3)CC2)=CN2C3CCCCC3SC3C(NCCCn4ccnc4)C(F)CC1C32. The second-order valence-corrected chi connectivity index (χ2v) is 13.9. The Bertz CT molecular complexity index is 1280. The van der Waals surface area contributed by atoms with Crippen LogP contribution in [0.1, 0.15) is 38.5 Å². The quantitative estimate of drug-likeness (QED) is 0.390. The van der Waals surface area contributed by atoms with Crippen LogP contribution < -0.4 is 10.2 Å². The van der Waals surface area contributed by atoms with Crippen LogP contribution in [0.25, 0.3) is 0 Å². The van der Waals surface area contributed by atoms with Crippen LogP contribution in [-0.2, 0) is 16.1 Å². The summed E-state index contributed by atoms with van der Waals surface area (Å²) >= 11 is 1.92. The molecule has 0 bridgehead atoms. The number of ketones is 1. The summed E-state index contributed by atoms with van der Waals surface area (Å²) in [6, 6.07) is 10.2. The lowest BCUT2D eigenvalue weighted by molar-refractivity contribution is -0.134. The fourth-order valence-electron chi connectivity index (χ4n) is 7.91. The Balaban J connectivity index is 1.09. The Morgan fingerprint density at radius 1 is 1.10 bits per heavy atom. The number of hydrogen-bond acceptors (Lipinski definition) is 7. The number of halogens is 1. The van der Waals surface area contributed by atoms with Crippen LogP contribution in [-0.4, -0.2) is 98.6 Å². The zero-order valence-corrected chi connectivity index (χ0v) is 24.9. The minimum absolute atomic E-state index is 0.0161. The van der Waals surface area contributed by atoms with Crippen molar-refractivity contribution in [2.24, 2.45) is 5.92 Å². The van der Waals surface area contributed by atoms with Crippen molar-refractivity contribution in [3.05, 3.63) is 60.8 Å². The van der Waals surface area contributed by atoms with Gasteiger partial charge in [-0.1, -0.05) is 31.0 Å².